The number of carbonyl (C=O) groups excluding carboxylic acids is 2. The van der Waals surface area contributed by atoms with E-state index in [-0.39, 0.29) is 23.2 Å². The number of nitrogens with zero attached hydrogens (tertiary/aromatic N) is 4. The van der Waals surface area contributed by atoms with Gasteiger partial charge in [-0.15, -0.1) is 0 Å². The molecule has 30 heavy (non-hydrogen) atoms. The Bertz CT molecular complexity index is 1040. The van der Waals surface area contributed by atoms with Crippen molar-refractivity contribution in [2.45, 2.75) is 6.92 Å². The number of benzene rings is 1. The molecule has 8 heteroatoms. The standard InChI is InChI=1S/C22H24N6O2/c1-14(13-28(2)3)20(29)16-8-6-15(7-9-16)18-12-25-21(23)19(27-18)22(30)26-17-5-4-10-24-11-17/h4-12,14H,13H2,1-3H3,(H2,23,25)(H,26,30). The average Bonchev–Trinajstić information content (AvgIpc) is 2.74. The molecule has 0 radical (unpaired) electrons. The molecule has 0 bridgehead atoms. The predicted molar refractivity (Wildman–Crippen MR) is 116 cm³/mol. The van der Waals surface area contributed by atoms with Crippen molar-refractivity contribution in [3.63, 3.8) is 0 Å². The zero-order valence-electron chi connectivity index (χ0n) is 17.2. The number of anilines is 2. The SMILES string of the molecule is CC(CN(C)C)C(=O)c1ccc(-c2cnc(N)c(C(=O)Nc3cccnc3)n2)cc1. The second kappa shape index (κ2) is 9.23. The second-order valence-corrected chi connectivity index (χ2v) is 7.29. The van der Waals surface area contributed by atoms with E-state index < -0.39 is 5.91 Å². The van der Waals surface area contributed by atoms with Crippen LogP contribution in [0.5, 0.6) is 0 Å². The van der Waals surface area contributed by atoms with Gasteiger partial charge in [0.2, 0.25) is 0 Å². The molecule has 0 fully saturated rings. The largest absolute Gasteiger partial charge is 0.382 e. The fraction of sp³-hybridized carbons (Fsp3) is 0.227. The zero-order chi connectivity index (χ0) is 21.7. The molecule has 1 unspecified atom stereocenters. The lowest BCUT2D eigenvalue weighted by molar-refractivity contribution is 0.0909. The molecule has 2 heterocycles. The number of nitrogen functional groups attached to an aromatic ring is 1. The summed E-state index contributed by atoms with van der Waals surface area (Å²) in [5.74, 6) is -0.469. The lowest BCUT2D eigenvalue weighted by Gasteiger charge is -2.16. The van der Waals surface area contributed by atoms with Crippen LogP contribution in [0.2, 0.25) is 0 Å². The highest BCUT2D eigenvalue weighted by atomic mass is 16.2. The first-order valence-electron chi connectivity index (χ1n) is 9.48. The quantitative estimate of drug-likeness (QED) is 0.582. The summed E-state index contributed by atoms with van der Waals surface area (Å²) in [7, 11) is 3.88. The van der Waals surface area contributed by atoms with E-state index in [2.05, 4.69) is 20.3 Å². The van der Waals surface area contributed by atoms with E-state index in [1.165, 1.54) is 12.4 Å². The van der Waals surface area contributed by atoms with Crippen LogP contribution in [-0.4, -0.2) is 52.2 Å². The summed E-state index contributed by atoms with van der Waals surface area (Å²) in [6.45, 7) is 2.59. The topological polar surface area (TPSA) is 114 Å². The normalized spacial score (nSPS) is 11.9. The molecular formula is C22H24N6O2. The van der Waals surface area contributed by atoms with Gasteiger partial charge in [-0.2, -0.15) is 0 Å². The Hall–Kier alpha value is -3.65. The van der Waals surface area contributed by atoms with Crippen LogP contribution in [0.15, 0.2) is 55.0 Å². The third-order valence-electron chi connectivity index (χ3n) is 4.49. The van der Waals surface area contributed by atoms with Crippen LogP contribution in [-0.2, 0) is 0 Å². The van der Waals surface area contributed by atoms with Crippen LogP contribution in [0.4, 0.5) is 11.5 Å². The summed E-state index contributed by atoms with van der Waals surface area (Å²) in [6.07, 6.45) is 4.64. The van der Waals surface area contributed by atoms with E-state index in [0.29, 0.717) is 23.5 Å². The smallest absolute Gasteiger partial charge is 0.278 e. The summed E-state index contributed by atoms with van der Waals surface area (Å²) in [4.78, 5) is 39.5. The Balaban J connectivity index is 1.80. The summed E-state index contributed by atoms with van der Waals surface area (Å²) in [6, 6.07) is 10.5. The monoisotopic (exact) mass is 404 g/mol. The number of nitrogens with two attached hydrogens (primary N) is 1. The van der Waals surface area contributed by atoms with Gasteiger partial charge in [0, 0.05) is 29.8 Å². The number of ketones is 1. The van der Waals surface area contributed by atoms with Crippen molar-refractivity contribution in [3.8, 4) is 11.3 Å². The number of nitrogens with one attached hydrogen (secondary N) is 1. The van der Waals surface area contributed by atoms with Crippen molar-refractivity contribution in [1.82, 2.24) is 19.9 Å². The first kappa shape index (κ1) is 21.1. The average molecular weight is 404 g/mol. The Morgan fingerprint density at radius 1 is 1.13 bits per heavy atom. The van der Waals surface area contributed by atoms with Crippen LogP contribution in [0.25, 0.3) is 11.3 Å². The Morgan fingerprint density at radius 3 is 2.50 bits per heavy atom. The first-order chi connectivity index (χ1) is 14.3. The van der Waals surface area contributed by atoms with Gasteiger partial charge in [0.25, 0.3) is 5.91 Å². The molecule has 1 amide bonds. The maximum atomic E-state index is 12.6. The molecule has 1 aromatic carbocycles. The Morgan fingerprint density at radius 2 is 1.87 bits per heavy atom. The fourth-order valence-corrected chi connectivity index (χ4v) is 3.05. The van der Waals surface area contributed by atoms with Gasteiger partial charge in [-0.25, -0.2) is 9.97 Å². The van der Waals surface area contributed by atoms with Crippen molar-refractivity contribution in [2.24, 2.45) is 5.92 Å². The lowest BCUT2D eigenvalue weighted by Crippen LogP contribution is -2.25. The van der Waals surface area contributed by atoms with Gasteiger partial charge in [0.05, 0.1) is 23.8 Å². The first-order valence-corrected chi connectivity index (χ1v) is 9.48. The predicted octanol–water partition coefficient (Wildman–Crippen LogP) is 2.75. The molecule has 0 saturated heterocycles. The lowest BCUT2D eigenvalue weighted by atomic mass is 9.97. The summed E-state index contributed by atoms with van der Waals surface area (Å²) in [5.41, 5.74) is 8.26. The third-order valence-corrected chi connectivity index (χ3v) is 4.49. The number of Topliss-reactive ketones (excluding diaryl/α,β-unsaturated/α-hetero) is 1. The van der Waals surface area contributed by atoms with E-state index >= 15 is 0 Å². The highest BCUT2D eigenvalue weighted by molar-refractivity contribution is 6.06. The fourth-order valence-electron chi connectivity index (χ4n) is 3.05. The van der Waals surface area contributed by atoms with Gasteiger partial charge in [-0.3, -0.25) is 14.6 Å². The van der Waals surface area contributed by atoms with Crippen molar-refractivity contribution < 1.29 is 9.59 Å². The van der Waals surface area contributed by atoms with E-state index in [1.807, 2.05) is 25.9 Å². The molecule has 154 valence electrons. The summed E-state index contributed by atoms with van der Waals surface area (Å²) < 4.78 is 0. The van der Waals surface area contributed by atoms with Gasteiger partial charge < -0.3 is 16.0 Å². The number of carbonyl (C=O) groups is 2. The van der Waals surface area contributed by atoms with Crippen LogP contribution >= 0.6 is 0 Å². The number of hydrogen-bond acceptors (Lipinski definition) is 7. The van der Waals surface area contributed by atoms with Gasteiger partial charge >= 0.3 is 0 Å². The number of aromatic nitrogens is 3. The van der Waals surface area contributed by atoms with Gasteiger partial charge in [0.1, 0.15) is 0 Å². The third kappa shape index (κ3) is 5.03. The van der Waals surface area contributed by atoms with Crippen molar-refractivity contribution >= 4 is 23.2 Å². The molecule has 3 N–H and O–H groups in total. The Labute approximate surface area is 175 Å². The van der Waals surface area contributed by atoms with E-state index in [9.17, 15) is 9.59 Å². The second-order valence-electron chi connectivity index (χ2n) is 7.29. The van der Waals surface area contributed by atoms with Crippen molar-refractivity contribution in [2.75, 3.05) is 31.7 Å². The minimum absolute atomic E-state index is 0.0242. The highest BCUT2D eigenvalue weighted by Gasteiger charge is 2.17. The molecule has 8 nitrogen and oxygen atoms in total. The van der Waals surface area contributed by atoms with Crippen LogP contribution in [0.3, 0.4) is 0 Å². The molecule has 0 spiro atoms. The van der Waals surface area contributed by atoms with Crippen LogP contribution in [0, 0.1) is 5.92 Å². The number of pyridine rings is 1. The summed E-state index contributed by atoms with van der Waals surface area (Å²) >= 11 is 0. The molecule has 1 atom stereocenters. The molecule has 3 aromatic rings. The number of amides is 1. The Kier molecular flexibility index (Phi) is 6.48. The van der Waals surface area contributed by atoms with Crippen LogP contribution in [0.1, 0.15) is 27.8 Å². The molecule has 0 aliphatic rings. The molecule has 3 rings (SSSR count). The van der Waals surface area contributed by atoms with Gasteiger partial charge in [0.15, 0.2) is 17.3 Å². The molecular weight excluding hydrogens is 380 g/mol. The van der Waals surface area contributed by atoms with Gasteiger partial charge in [-0.1, -0.05) is 31.2 Å². The summed E-state index contributed by atoms with van der Waals surface area (Å²) in [5, 5.41) is 2.70. The van der Waals surface area contributed by atoms with Crippen molar-refractivity contribution in [1.29, 1.82) is 0 Å². The maximum absolute atomic E-state index is 12.6. The minimum atomic E-state index is -0.473. The van der Waals surface area contributed by atoms with E-state index in [1.54, 1.807) is 42.6 Å². The number of hydrogen-bond donors (Lipinski definition) is 2. The van der Waals surface area contributed by atoms with Gasteiger partial charge in [-0.05, 0) is 26.2 Å². The minimum Gasteiger partial charge on any atom is -0.382 e. The van der Waals surface area contributed by atoms with E-state index in [4.69, 9.17) is 5.73 Å². The molecule has 0 saturated carbocycles. The highest BCUT2D eigenvalue weighted by Crippen LogP contribution is 2.21. The molecule has 0 aliphatic carbocycles. The van der Waals surface area contributed by atoms with Crippen molar-refractivity contribution in [3.05, 3.63) is 66.2 Å². The zero-order valence-corrected chi connectivity index (χ0v) is 17.2. The molecule has 0 aliphatic heterocycles. The van der Waals surface area contributed by atoms with E-state index in [0.717, 1.165) is 5.56 Å². The van der Waals surface area contributed by atoms with Crippen LogP contribution < -0.4 is 11.1 Å². The maximum Gasteiger partial charge on any atom is 0.278 e. The number of rotatable bonds is 7. The molecule has 2 aromatic heterocycles.